The number of nitro benzene ring substituents is 1. The molecule has 0 spiro atoms. The zero-order chi connectivity index (χ0) is 14.8. The molecule has 0 aliphatic carbocycles. The van der Waals surface area contributed by atoms with Crippen LogP contribution in [-0.2, 0) is 0 Å². The average Bonchev–Trinajstić information content (AvgIpc) is 3.01. The molecule has 1 atom stereocenters. The van der Waals surface area contributed by atoms with E-state index in [9.17, 15) is 10.1 Å². The smallest absolute Gasteiger partial charge is 0.301 e. The van der Waals surface area contributed by atoms with Crippen molar-refractivity contribution in [2.45, 2.75) is 13.0 Å². The van der Waals surface area contributed by atoms with Crippen molar-refractivity contribution < 1.29 is 4.92 Å². The van der Waals surface area contributed by atoms with Gasteiger partial charge in [0.15, 0.2) is 0 Å². The second-order valence-corrected chi connectivity index (χ2v) is 4.63. The lowest BCUT2D eigenvalue weighted by Gasteiger charge is -2.14. The fourth-order valence-corrected chi connectivity index (χ4v) is 2.27. The predicted octanol–water partition coefficient (Wildman–Crippen LogP) is 3.04. The summed E-state index contributed by atoms with van der Waals surface area (Å²) >= 11 is 0. The predicted molar refractivity (Wildman–Crippen MR) is 79.0 cm³/mol. The molecular weight excluding hydrogens is 270 g/mol. The van der Waals surface area contributed by atoms with E-state index in [-0.39, 0.29) is 16.7 Å². The number of anilines is 1. The molecule has 2 aromatic heterocycles. The topological polar surface area (TPSA) is 96.7 Å². The molecule has 2 N–H and O–H groups in total. The first-order chi connectivity index (χ1) is 10.2. The number of hydrogen-bond acceptors (Lipinski definition) is 5. The van der Waals surface area contributed by atoms with Crippen molar-refractivity contribution in [3.63, 3.8) is 0 Å². The number of aromatic amines is 1. The lowest BCUT2D eigenvalue weighted by Crippen LogP contribution is -2.10. The first kappa shape index (κ1) is 13.0. The van der Waals surface area contributed by atoms with E-state index >= 15 is 0 Å². The van der Waals surface area contributed by atoms with Gasteiger partial charge in [0, 0.05) is 18.6 Å². The molecule has 0 radical (unpaired) electrons. The molecule has 2 heterocycles. The average molecular weight is 283 g/mol. The Hall–Kier alpha value is -2.96. The SMILES string of the molecule is CC(Nc1ccc2ncccc2c1[N+](=O)[O-])c1ncc[nH]1. The van der Waals surface area contributed by atoms with Gasteiger partial charge in [-0.3, -0.25) is 15.1 Å². The Labute approximate surface area is 120 Å². The number of nitrogens with one attached hydrogen (secondary N) is 2. The number of nitro groups is 1. The van der Waals surface area contributed by atoms with Crippen LogP contribution in [0.1, 0.15) is 18.8 Å². The zero-order valence-electron chi connectivity index (χ0n) is 11.3. The third kappa shape index (κ3) is 2.40. The van der Waals surface area contributed by atoms with Crippen molar-refractivity contribution in [3.05, 3.63) is 58.8 Å². The monoisotopic (exact) mass is 283 g/mol. The highest BCUT2D eigenvalue weighted by Crippen LogP contribution is 2.34. The fourth-order valence-electron chi connectivity index (χ4n) is 2.27. The summed E-state index contributed by atoms with van der Waals surface area (Å²) in [5, 5.41) is 15.1. The van der Waals surface area contributed by atoms with Crippen LogP contribution in [0.5, 0.6) is 0 Å². The summed E-state index contributed by atoms with van der Waals surface area (Å²) in [6.07, 6.45) is 4.98. The number of imidazole rings is 1. The van der Waals surface area contributed by atoms with Gasteiger partial charge in [-0.25, -0.2) is 4.98 Å². The van der Waals surface area contributed by atoms with Crippen LogP contribution < -0.4 is 5.32 Å². The van der Waals surface area contributed by atoms with Crippen molar-refractivity contribution in [3.8, 4) is 0 Å². The summed E-state index contributed by atoms with van der Waals surface area (Å²) < 4.78 is 0. The molecule has 0 aliphatic heterocycles. The highest BCUT2D eigenvalue weighted by molar-refractivity contribution is 5.94. The molecule has 0 aliphatic rings. The minimum Gasteiger partial charge on any atom is -0.370 e. The number of fused-ring (bicyclic) bond motifs is 1. The highest BCUT2D eigenvalue weighted by atomic mass is 16.6. The lowest BCUT2D eigenvalue weighted by molar-refractivity contribution is -0.382. The van der Waals surface area contributed by atoms with E-state index in [1.165, 1.54) is 0 Å². The first-order valence-corrected chi connectivity index (χ1v) is 6.45. The van der Waals surface area contributed by atoms with E-state index in [0.29, 0.717) is 16.6 Å². The molecule has 106 valence electrons. The van der Waals surface area contributed by atoms with Crippen LogP contribution in [0.2, 0.25) is 0 Å². The van der Waals surface area contributed by atoms with Gasteiger partial charge in [-0.2, -0.15) is 0 Å². The molecule has 0 saturated carbocycles. The van der Waals surface area contributed by atoms with Crippen molar-refractivity contribution >= 4 is 22.3 Å². The van der Waals surface area contributed by atoms with E-state index in [4.69, 9.17) is 0 Å². The summed E-state index contributed by atoms with van der Waals surface area (Å²) in [4.78, 5) is 22.3. The molecule has 1 aromatic carbocycles. The Morgan fingerprint density at radius 2 is 2.14 bits per heavy atom. The third-order valence-electron chi connectivity index (χ3n) is 3.24. The minimum absolute atomic E-state index is 0.0269. The van der Waals surface area contributed by atoms with Gasteiger partial charge < -0.3 is 10.3 Å². The van der Waals surface area contributed by atoms with Crippen molar-refractivity contribution in [1.29, 1.82) is 0 Å². The molecule has 3 rings (SSSR count). The second-order valence-electron chi connectivity index (χ2n) is 4.63. The van der Waals surface area contributed by atoms with E-state index in [0.717, 1.165) is 5.82 Å². The molecule has 3 aromatic rings. The number of nitrogens with zero attached hydrogens (tertiary/aromatic N) is 3. The maximum atomic E-state index is 11.4. The van der Waals surface area contributed by atoms with Crippen LogP contribution in [-0.4, -0.2) is 19.9 Å². The van der Waals surface area contributed by atoms with E-state index in [1.54, 1.807) is 42.9 Å². The quantitative estimate of drug-likeness (QED) is 0.566. The fraction of sp³-hybridized carbons (Fsp3) is 0.143. The lowest BCUT2D eigenvalue weighted by atomic mass is 10.1. The summed E-state index contributed by atoms with van der Waals surface area (Å²) in [5.74, 6) is 0.718. The molecule has 0 fully saturated rings. The maximum absolute atomic E-state index is 11.4. The maximum Gasteiger partial charge on any atom is 0.301 e. The minimum atomic E-state index is -0.388. The summed E-state index contributed by atoms with van der Waals surface area (Å²) in [5.41, 5.74) is 1.07. The third-order valence-corrected chi connectivity index (χ3v) is 3.24. The standard InChI is InChI=1S/C14H13N5O2/c1-9(14-16-7-8-17-14)18-12-5-4-11-10(3-2-6-15-11)13(12)19(20)21/h2-9,18H,1H3,(H,16,17). The van der Waals surface area contributed by atoms with E-state index < -0.39 is 0 Å². The summed E-state index contributed by atoms with van der Waals surface area (Å²) in [7, 11) is 0. The number of aromatic nitrogens is 3. The molecular formula is C14H13N5O2. The normalized spacial score (nSPS) is 12.2. The van der Waals surface area contributed by atoms with Gasteiger partial charge in [0.2, 0.25) is 0 Å². The number of rotatable bonds is 4. The van der Waals surface area contributed by atoms with Gasteiger partial charge in [-0.05, 0) is 31.2 Å². The van der Waals surface area contributed by atoms with Gasteiger partial charge in [-0.15, -0.1) is 0 Å². The number of H-pyrrole nitrogens is 1. The Bertz CT molecular complexity index is 785. The van der Waals surface area contributed by atoms with Crippen LogP contribution in [0.15, 0.2) is 42.9 Å². The molecule has 0 amide bonds. The Balaban J connectivity index is 2.06. The summed E-state index contributed by atoms with van der Waals surface area (Å²) in [6.45, 7) is 1.88. The molecule has 7 heteroatoms. The van der Waals surface area contributed by atoms with Crippen LogP contribution in [0.25, 0.3) is 10.9 Å². The van der Waals surface area contributed by atoms with Crippen molar-refractivity contribution in [2.75, 3.05) is 5.32 Å². The molecule has 0 bridgehead atoms. The number of hydrogen-bond donors (Lipinski definition) is 2. The van der Waals surface area contributed by atoms with Crippen molar-refractivity contribution in [2.24, 2.45) is 0 Å². The second kappa shape index (κ2) is 5.20. The van der Waals surface area contributed by atoms with Gasteiger partial charge >= 0.3 is 5.69 Å². The largest absolute Gasteiger partial charge is 0.370 e. The Morgan fingerprint density at radius 3 is 2.86 bits per heavy atom. The van der Waals surface area contributed by atoms with Crippen LogP contribution in [0.4, 0.5) is 11.4 Å². The summed E-state index contributed by atoms with van der Waals surface area (Å²) in [6, 6.07) is 6.65. The molecule has 7 nitrogen and oxygen atoms in total. The van der Waals surface area contributed by atoms with Crippen molar-refractivity contribution in [1.82, 2.24) is 15.0 Å². The van der Waals surface area contributed by atoms with Crippen LogP contribution in [0, 0.1) is 10.1 Å². The number of pyridine rings is 1. The van der Waals surface area contributed by atoms with Crippen LogP contribution >= 0.6 is 0 Å². The first-order valence-electron chi connectivity index (χ1n) is 6.45. The highest BCUT2D eigenvalue weighted by Gasteiger charge is 2.20. The Morgan fingerprint density at radius 1 is 1.29 bits per heavy atom. The molecule has 0 saturated heterocycles. The van der Waals surface area contributed by atoms with E-state index in [1.807, 2.05) is 6.92 Å². The zero-order valence-corrected chi connectivity index (χ0v) is 11.3. The molecule has 1 unspecified atom stereocenters. The van der Waals surface area contributed by atoms with Gasteiger partial charge in [0.1, 0.15) is 11.5 Å². The van der Waals surface area contributed by atoms with Gasteiger partial charge in [0.05, 0.1) is 21.9 Å². The van der Waals surface area contributed by atoms with Crippen LogP contribution in [0.3, 0.4) is 0 Å². The molecule has 21 heavy (non-hydrogen) atoms. The van der Waals surface area contributed by atoms with Gasteiger partial charge in [-0.1, -0.05) is 0 Å². The Kier molecular flexibility index (Phi) is 3.23. The van der Waals surface area contributed by atoms with Gasteiger partial charge in [0.25, 0.3) is 0 Å². The number of benzene rings is 1. The van der Waals surface area contributed by atoms with E-state index in [2.05, 4.69) is 20.3 Å².